The molecule has 1 atom stereocenters. The van der Waals surface area contributed by atoms with Gasteiger partial charge in [0.1, 0.15) is 5.76 Å². The minimum Gasteiger partial charge on any atom is -0.441 e. The van der Waals surface area contributed by atoms with Crippen LogP contribution in [0.3, 0.4) is 0 Å². The van der Waals surface area contributed by atoms with E-state index in [1.807, 2.05) is 80.6 Å². The fourth-order valence-electron chi connectivity index (χ4n) is 3.23. The molecule has 0 spiro atoms. The van der Waals surface area contributed by atoms with E-state index in [1.165, 1.54) is 0 Å². The average Bonchev–Trinajstić information content (AvgIpc) is 3.18. The van der Waals surface area contributed by atoms with Crippen molar-refractivity contribution < 1.29 is 13.4 Å². The van der Waals surface area contributed by atoms with Crippen molar-refractivity contribution in [1.29, 1.82) is 0 Å². The second-order valence-electron chi connectivity index (χ2n) is 7.57. The molecule has 1 aromatic heterocycles. The molecule has 32 heavy (non-hydrogen) atoms. The molecule has 0 bridgehead atoms. The summed E-state index contributed by atoms with van der Waals surface area (Å²) in [5.41, 5.74) is 4.17. The maximum Gasteiger partial charge on any atom is 0.251 e. The second-order valence-corrected chi connectivity index (χ2v) is 9.02. The van der Waals surface area contributed by atoms with Crippen molar-refractivity contribution in [2.75, 3.05) is 0 Å². The van der Waals surface area contributed by atoms with Gasteiger partial charge < -0.3 is 9.73 Å². The van der Waals surface area contributed by atoms with Crippen molar-refractivity contribution in [3.05, 3.63) is 107 Å². The molecule has 6 heteroatoms. The first kappa shape index (κ1) is 21.7. The van der Waals surface area contributed by atoms with Gasteiger partial charge in [0, 0.05) is 22.6 Å². The van der Waals surface area contributed by atoms with Crippen LogP contribution in [0.1, 0.15) is 32.9 Å². The van der Waals surface area contributed by atoms with Crippen molar-refractivity contribution >= 4 is 16.7 Å². The summed E-state index contributed by atoms with van der Waals surface area (Å²) in [7, 11) is -1.20. The maximum atomic E-state index is 12.7. The molecular formula is C26H24N2O3S. The number of benzene rings is 3. The highest BCUT2D eigenvalue weighted by Gasteiger charge is 2.16. The molecule has 0 unspecified atom stereocenters. The van der Waals surface area contributed by atoms with Gasteiger partial charge in [0.25, 0.3) is 5.91 Å². The van der Waals surface area contributed by atoms with Gasteiger partial charge in [0.05, 0.1) is 22.2 Å². The Bertz CT molecular complexity index is 1230. The first-order valence-electron chi connectivity index (χ1n) is 10.3. The minimum atomic E-state index is -1.20. The molecule has 0 aliphatic rings. The Morgan fingerprint density at radius 2 is 1.62 bits per heavy atom. The minimum absolute atomic E-state index is 0.141. The smallest absolute Gasteiger partial charge is 0.251 e. The molecular weight excluding hydrogens is 420 g/mol. The highest BCUT2D eigenvalue weighted by atomic mass is 32.2. The van der Waals surface area contributed by atoms with Gasteiger partial charge in [-0.3, -0.25) is 9.00 Å². The first-order chi connectivity index (χ1) is 15.5. The standard InChI is InChI=1S/C26H24N2O3S/c1-18-8-14-23(15-9-18)32(30)17-24-19(2)31-26(28-24)22-12-10-21(11-13-22)25(29)27-16-20-6-4-3-5-7-20/h3-15H,16-17H2,1-2H3,(H,27,29)/t32-/m1/s1. The fraction of sp³-hybridized carbons (Fsp3) is 0.154. The number of oxazole rings is 1. The quantitative estimate of drug-likeness (QED) is 0.425. The first-order valence-corrected chi connectivity index (χ1v) is 11.7. The largest absolute Gasteiger partial charge is 0.441 e. The van der Waals surface area contributed by atoms with Crippen LogP contribution in [0.15, 0.2) is 88.2 Å². The van der Waals surface area contributed by atoms with Crippen molar-refractivity contribution in [3.63, 3.8) is 0 Å². The third-order valence-corrected chi connectivity index (χ3v) is 6.47. The molecule has 1 N–H and O–H groups in total. The van der Waals surface area contributed by atoms with Crippen LogP contribution in [-0.2, 0) is 23.1 Å². The van der Waals surface area contributed by atoms with Gasteiger partial charge in [-0.2, -0.15) is 0 Å². The van der Waals surface area contributed by atoms with Gasteiger partial charge in [-0.1, -0.05) is 48.0 Å². The van der Waals surface area contributed by atoms with Gasteiger partial charge in [-0.05, 0) is 55.8 Å². The van der Waals surface area contributed by atoms with E-state index in [-0.39, 0.29) is 5.91 Å². The van der Waals surface area contributed by atoms with Crippen LogP contribution in [0, 0.1) is 13.8 Å². The van der Waals surface area contributed by atoms with Gasteiger partial charge in [0.2, 0.25) is 5.89 Å². The van der Waals surface area contributed by atoms with Gasteiger partial charge >= 0.3 is 0 Å². The number of carbonyl (C=O) groups is 1. The maximum absolute atomic E-state index is 12.7. The Morgan fingerprint density at radius 1 is 0.938 bits per heavy atom. The Hall–Kier alpha value is -3.51. The molecule has 4 aromatic rings. The molecule has 1 heterocycles. The van der Waals surface area contributed by atoms with Crippen LogP contribution in [0.25, 0.3) is 11.5 Å². The van der Waals surface area contributed by atoms with Crippen LogP contribution in [-0.4, -0.2) is 15.1 Å². The molecule has 0 radical (unpaired) electrons. The SMILES string of the molecule is Cc1ccc([S@](=O)Cc2nc(-c3ccc(C(=O)NCc4ccccc4)cc3)oc2C)cc1. The lowest BCUT2D eigenvalue weighted by atomic mass is 10.1. The molecule has 0 fully saturated rings. The lowest BCUT2D eigenvalue weighted by Gasteiger charge is -2.05. The van der Waals surface area contributed by atoms with Gasteiger partial charge in [0.15, 0.2) is 0 Å². The van der Waals surface area contributed by atoms with E-state index in [4.69, 9.17) is 4.42 Å². The van der Waals surface area contributed by atoms with E-state index in [0.717, 1.165) is 21.6 Å². The van der Waals surface area contributed by atoms with Crippen molar-refractivity contribution in [1.82, 2.24) is 10.3 Å². The zero-order valence-electron chi connectivity index (χ0n) is 18.0. The van der Waals surface area contributed by atoms with Crippen LogP contribution in [0.5, 0.6) is 0 Å². The zero-order chi connectivity index (χ0) is 22.5. The number of aromatic nitrogens is 1. The van der Waals surface area contributed by atoms with Crippen molar-refractivity contribution in [2.24, 2.45) is 0 Å². The van der Waals surface area contributed by atoms with Crippen LogP contribution < -0.4 is 5.32 Å². The summed E-state index contributed by atoms with van der Waals surface area (Å²) >= 11 is 0. The van der Waals surface area contributed by atoms with E-state index in [0.29, 0.717) is 35.2 Å². The summed E-state index contributed by atoms with van der Waals surface area (Å²) in [6.07, 6.45) is 0. The van der Waals surface area contributed by atoms with E-state index < -0.39 is 10.8 Å². The summed E-state index contributed by atoms with van der Waals surface area (Å²) in [5, 5.41) is 2.92. The summed E-state index contributed by atoms with van der Waals surface area (Å²) in [6.45, 7) is 4.30. The molecule has 162 valence electrons. The van der Waals surface area contributed by atoms with Crippen LogP contribution in [0.4, 0.5) is 0 Å². The second kappa shape index (κ2) is 9.75. The van der Waals surface area contributed by atoms with Crippen LogP contribution in [0.2, 0.25) is 0 Å². The number of hydrogen-bond acceptors (Lipinski definition) is 4. The molecule has 5 nitrogen and oxygen atoms in total. The number of amides is 1. The van der Waals surface area contributed by atoms with Crippen molar-refractivity contribution in [2.45, 2.75) is 31.0 Å². The molecule has 3 aromatic carbocycles. The number of nitrogens with zero attached hydrogens (tertiary/aromatic N) is 1. The number of nitrogens with one attached hydrogen (secondary N) is 1. The van der Waals surface area contributed by atoms with Crippen LogP contribution >= 0.6 is 0 Å². The Balaban J connectivity index is 1.42. The number of aryl methyl sites for hydroxylation is 2. The number of rotatable bonds is 7. The number of carbonyl (C=O) groups excluding carboxylic acids is 1. The van der Waals surface area contributed by atoms with E-state index in [1.54, 1.807) is 12.1 Å². The normalized spacial score (nSPS) is 11.8. The highest BCUT2D eigenvalue weighted by Crippen LogP contribution is 2.24. The predicted molar refractivity (Wildman–Crippen MR) is 126 cm³/mol. The van der Waals surface area contributed by atoms with Crippen molar-refractivity contribution in [3.8, 4) is 11.5 Å². The zero-order valence-corrected chi connectivity index (χ0v) is 18.8. The molecule has 0 aliphatic carbocycles. The van der Waals surface area contributed by atoms with Gasteiger partial charge in [-0.25, -0.2) is 4.98 Å². The fourth-order valence-corrected chi connectivity index (χ4v) is 4.35. The number of hydrogen-bond donors (Lipinski definition) is 1. The Kier molecular flexibility index (Phi) is 6.61. The lowest BCUT2D eigenvalue weighted by Crippen LogP contribution is -2.22. The molecule has 0 saturated carbocycles. The molecule has 4 rings (SSSR count). The summed E-state index contributed by atoms with van der Waals surface area (Å²) < 4.78 is 18.5. The Morgan fingerprint density at radius 3 is 2.31 bits per heavy atom. The predicted octanol–water partition coefficient (Wildman–Crippen LogP) is 5.20. The molecule has 1 amide bonds. The highest BCUT2D eigenvalue weighted by molar-refractivity contribution is 7.84. The summed E-state index contributed by atoms with van der Waals surface area (Å²) in [4.78, 5) is 17.7. The average molecular weight is 445 g/mol. The van der Waals surface area contributed by atoms with E-state index in [2.05, 4.69) is 10.3 Å². The third-order valence-electron chi connectivity index (χ3n) is 5.13. The third kappa shape index (κ3) is 5.21. The monoisotopic (exact) mass is 444 g/mol. The topological polar surface area (TPSA) is 72.2 Å². The summed E-state index contributed by atoms with van der Waals surface area (Å²) in [5.74, 6) is 1.25. The molecule has 0 aliphatic heterocycles. The summed E-state index contributed by atoms with van der Waals surface area (Å²) in [6, 6.07) is 24.5. The molecule has 0 saturated heterocycles. The van der Waals surface area contributed by atoms with Gasteiger partial charge in [-0.15, -0.1) is 0 Å². The Labute approximate surface area is 190 Å². The lowest BCUT2D eigenvalue weighted by molar-refractivity contribution is 0.0951. The van der Waals surface area contributed by atoms with E-state index in [9.17, 15) is 9.00 Å². The van der Waals surface area contributed by atoms with E-state index >= 15 is 0 Å².